The average Bonchev–Trinajstić information content (AvgIpc) is 3.30. The van der Waals surface area contributed by atoms with E-state index in [1.807, 2.05) is 0 Å². The molecule has 3 heterocycles. The number of hydrogen-bond donors (Lipinski definition) is 2. The van der Waals surface area contributed by atoms with Crippen molar-refractivity contribution in [1.82, 2.24) is 4.98 Å². The molecule has 0 radical (unpaired) electrons. The highest BCUT2D eigenvalue weighted by Gasteiger charge is 2.57. The quantitative estimate of drug-likeness (QED) is 0.608. The average molecular weight is 490 g/mol. The zero-order chi connectivity index (χ0) is 24.8. The third-order valence-corrected chi connectivity index (χ3v) is 5.90. The summed E-state index contributed by atoms with van der Waals surface area (Å²) in [5.74, 6) is -3.54. The molecule has 0 unspecified atom stereocenters. The first-order chi connectivity index (χ1) is 15.9. The van der Waals surface area contributed by atoms with Crippen LogP contribution in [-0.4, -0.2) is 40.9 Å². The molecule has 12 heteroatoms. The normalized spacial score (nSPS) is 26.5. The molecule has 2 fully saturated rings. The maximum absolute atomic E-state index is 13.3. The van der Waals surface area contributed by atoms with Crippen LogP contribution in [0.5, 0.6) is 5.88 Å². The monoisotopic (exact) mass is 490 g/mol. The first kappa shape index (κ1) is 24.3. The third-order valence-electron chi connectivity index (χ3n) is 5.90. The highest BCUT2D eigenvalue weighted by Crippen LogP contribution is 2.50. The van der Waals surface area contributed by atoms with E-state index >= 15 is 0 Å². The number of nitrogens with zero attached hydrogens (tertiary/aromatic N) is 1. The van der Waals surface area contributed by atoms with Gasteiger partial charge in [-0.3, -0.25) is 4.79 Å². The number of fused-ring (bicyclic) bond motifs is 2. The minimum Gasteiger partial charge on any atom is -0.478 e. The van der Waals surface area contributed by atoms with E-state index in [2.05, 4.69) is 10.3 Å². The molecule has 184 valence electrons. The molecule has 0 saturated carbocycles. The summed E-state index contributed by atoms with van der Waals surface area (Å²) in [5, 5.41) is 12.6. The maximum Gasteiger partial charge on any atom is 0.416 e. The number of amides is 1. The number of alkyl halides is 6. The first-order valence-corrected chi connectivity index (χ1v) is 10.4. The minimum atomic E-state index is -4.73. The van der Waals surface area contributed by atoms with Crippen molar-refractivity contribution in [2.75, 3.05) is 11.9 Å². The van der Waals surface area contributed by atoms with Gasteiger partial charge in [-0.1, -0.05) is 18.2 Å². The van der Waals surface area contributed by atoms with Crippen LogP contribution in [0, 0.1) is 5.92 Å². The van der Waals surface area contributed by atoms with Gasteiger partial charge in [0.15, 0.2) is 0 Å². The second-order valence-corrected chi connectivity index (χ2v) is 8.12. The Balaban J connectivity index is 1.66. The molecule has 1 aromatic carbocycles. The van der Waals surface area contributed by atoms with Crippen LogP contribution in [0.3, 0.4) is 0 Å². The number of carbonyl (C=O) groups is 1. The van der Waals surface area contributed by atoms with Gasteiger partial charge in [-0.25, -0.2) is 0 Å². The fourth-order valence-corrected chi connectivity index (χ4v) is 4.53. The predicted molar refractivity (Wildman–Crippen MR) is 106 cm³/mol. The molecule has 0 spiro atoms. The first-order valence-electron chi connectivity index (χ1n) is 10.4. The fraction of sp³-hybridized carbons (Fsp3) is 0.455. The number of ether oxygens (including phenoxy) is 2. The van der Waals surface area contributed by atoms with Crippen molar-refractivity contribution >= 4 is 11.7 Å². The van der Waals surface area contributed by atoms with E-state index in [1.165, 1.54) is 12.1 Å². The van der Waals surface area contributed by atoms with Gasteiger partial charge in [-0.15, -0.1) is 0 Å². The SMILES string of the molecule is CCOc1cc(C(F)(F)F)cc(NC(=O)[C@@H]2[C@@H](c3cccc(C(F)(F)F)c3)[C@H]3O[C@@H]2C[C@@H]3O)n1. The number of aliphatic hydroxyl groups excluding tert-OH is 1. The van der Waals surface area contributed by atoms with Gasteiger partial charge in [0.1, 0.15) is 5.82 Å². The highest BCUT2D eigenvalue weighted by atomic mass is 19.4. The molecule has 34 heavy (non-hydrogen) atoms. The zero-order valence-corrected chi connectivity index (χ0v) is 17.7. The minimum absolute atomic E-state index is 0.0391. The molecule has 2 N–H and O–H groups in total. The van der Waals surface area contributed by atoms with Crippen LogP contribution in [0.2, 0.25) is 0 Å². The Morgan fingerprint density at radius 2 is 1.85 bits per heavy atom. The van der Waals surface area contributed by atoms with Crippen molar-refractivity contribution < 1.29 is 45.7 Å². The van der Waals surface area contributed by atoms with Crippen LogP contribution in [-0.2, 0) is 21.9 Å². The van der Waals surface area contributed by atoms with Crippen LogP contribution >= 0.6 is 0 Å². The summed E-state index contributed by atoms with van der Waals surface area (Å²) in [7, 11) is 0. The summed E-state index contributed by atoms with van der Waals surface area (Å²) in [6, 6.07) is 5.69. The van der Waals surface area contributed by atoms with Gasteiger partial charge in [0.2, 0.25) is 11.8 Å². The summed E-state index contributed by atoms with van der Waals surface area (Å²) in [4.78, 5) is 17.0. The molecule has 1 amide bonds. The molecule has 1 aromatic heterocycles. The number of nitrogens with one attached hydrogen (secondary N) is 1. The number of halogens is 6. The number of pyridine rings is 1. The van der Waals surface area contributed by atoms with Crippen molar-refractivity contribution in [2.24, 2.45) is 5.92 Å². The van der Waals surface area contributed by atoms with Gasteiger partial charge in [0, 0.05) is 18.4 Å². The lowest BCUT2D eigenvalue weighted by atomic mass is 9.73. The number of aliphatic hydroxyl groups is 1. The Kier molecular flexibility index (Phi) is 6.23. The van der Waals surface area contributed by atoms with Crippen molar-refractivity contribution in [3.8, 4) is 5.88 Å². The van der Waals surface area contributed by atoms with Crippen LogP contribution in [0.1, 0.15) is 36.0 Å². The van der Waals surface area contributed by atoms with Gasteiger partial charge in [-0.05, 0) is 24.6 Å². The fourth-order valence-electron chi connectivity index (χ4n) is 4.53. The Labute approximate surface area is 189 Å². The lowest BCUT2D eigenvalue weighted by molar-refractivity contribution is -0.138. The van der Waals surface area contributed by atoms with Crippen LogP contribution in [0.15, 0.2) is 36.4 Å². The Morgan fingerprint density at radius 3 is 2.50 bits per heavy atom. The lowest BCUT2D eigenvalue weighted by Gasteiger charge is -2.30. The van der Waals surface area contributed by atoms with Crippen LogP contribution in [0.4, 0.5) is 32.2 Å². The van der Waals surface area contributed by atoms with Crippen LogP contribution < -0.4 is 10.1 Å². The molecule has 2 bridgehead atoms. The van der Waals surface area contributed by atoms with Gasteiger partial charge in [-0.2, -0.15) is 31.3 Å². The standard InChI is InChI=1S/C22H20F6N2O4/c1-2-33-16-8-12(22(26,27)28)7-15(29-16)30-20(32)18-14-9-13(31)19(34-14)17(18)10-4-3-5-11(6-10)21(23,24)25/h3-8,13-14,17-19,31H,2,9H2,1H3,(H,29,30,32)/t13-,14+,17+,18-,19-/m0/s1. The molecule has 4 rings (SSSR count). The van der Waals surface area contributed by atoms with Crippen molar-refractivity contribution in [3.63, 3.8) is 0 Å². The summed E-state index contributed by atoms with van der Waals surface area (Å²) in [6.07, 6.45) is -12.0. The maximum atomic E-state index is 13.3. The number of anilines is 1. The molecule has 0 aliphatic carbocycles. The van der Waals surface area contributed by atoms with Crippen molar-refractivity contribution in [1.29, 1.82) is 0 Å². The van der Waals surface area contributed by atoms with Crippen molar-refractivity contribution in [3.05, 3.63) is 53.1 Å². The van der Waals surface area contributed by atoms with E-state index in [1.54, 1.807) is 6.92 Å². The third kappa shape index (κ3) is 4.69. The van der Waals surface area contributed by atoms with E-state index in [4.69, 9.17) is 9.47 Å². The van der Waals surface area contributed by atoms with Crippen molar-refractivity contribution in [2.45, 2.75) is 49.9 Å². The number of benzene rings is 1. The second kappa shape index (κ2) is 8.73. The van der Waals surface area contributed by atoms with E-state index in [-0.39, 0.29) is 24.5 Å². The molecule has 5 atom stereocenters. The molecular weight excluding hydrogens is 470 g/mol. The smallest absolute Gasteiger partial charge is 0.416 e. The topological polar surface area (TPSA) is 80.7 Å². The predicted octanol–water partition coefficient (Wildman–Crippen LogP) is 4.39. The van der Waals surface area contributed by atoms with Gasteiger partial charge >= 0.3 is 12.4 Å². The summed E-state index contributed by atoms with van der Waals surface area (Å²) >= 11 is 0. The molecule has 2 saturated heterocycles. The number of hydrogen-bond acceptors (Lipinski definition) is 5. The highest BCUT2D eigenvalue weighted by molar-refractivity contribution is 5.93. The molecule has 2 aliphatic rings. The van der Waals surface area contributed by atoms with E-state index in [0.29, 0.717) is 12.1 Å². The van der Waals surface area contributed by atoms with Gasteiger partial charge < -0.3 is 19.9 Å². The summed E-state index contributed by atoms with van der Waals surface area (Å²) in [6.45, 7) is 1.59. The van der Waals surface area contributed by atoms with E-state index in [9.17, 15) is 36.2 Å². The molecule has 6 nitrogen and oxygen atoms in total. The van der Waals surface area contributed by atoms with E-state index in [0.717, 1.165) is 12.1 Å². The van der Waals surface area contributed by atoms with Crippen LogP contribution in [0.25, 0.3) is 0 Å². The van der Waals surface area contributed by atoms with E-state index < -0.39 is 65.4 Å². The molecule has 2 aromatic rings. The molecule has 2 aliphatic heterocycles. The Morgan fingerprint density at radius 1 is 1.15 bits per heavy atom. The summed E-state index contributed by atoms with van der Waals surface area (Å²) < 4.78 is 90.2. The number of aromatic nitrogens is 1. The second-order valence-electron chi connectivity index (χ2n) is 8.12. The Hall–Kier alpha value is -2.86. The van der Waals surface area contributed by atoms with Gasteiger partial charge in [0.25, 0.3) is 0 Å². The summed E-state index contributed by atoms with van der Waals surface area (Å²) in [5.41, 5.74) is -1.88. The largest absolute Gasteiger partial charge is 0.478 e. The Bertz CT molecular complexity index is 1070. The number of rotatable bonds is 5. The zero-order valence-electron chi connectivity index (χ0n) is 17.7. The number of carbonyl (C=O) groups excluding carboxylic acids is 1. The lowest BCUT2D eigenvalue weighted by Crippen LogP contribution is -2.41. The molecular formula is C22H20F6N2O4. The van der Waals surface area contributed by atoms with Gasteiger partial charge in [0.05, 0.1) is 42.0 Å².